The van der Waals surface area contributed by atoms with Gasteiger partial charge in [-0.3, -0.25) is 15.0 Å². The maximum atomic E-state index is 12.2. The van der Waals surface area contributed by atoms with Crippen molar-refractivity contribution in [2.45, 2.75) is 38.9 Å². The summed E-state index contributed by atoms with van der Waals surface area (Å²) < 4.78 is 0. The number of amides is 1. The highest BCUT2D eigenvalue weighted by molar-refractivity contribution is 7.99. The Bertz CT molecular complexity index is 281. The lowest BCUT2D eigenvalue weighted by molar-refractivity contribution is -0.130. The van der Waals surface area contributed by atoms with E-state index >= 15 is 0 Å². The van der Waals surface area contributed by atoms with Gasteiger partial charge in [0.15, 0.2) is 0 Å². The molecule has 18 heavy (non-hydrogen) atoms. The number of nitrogens with one attached hydrogen (secondary N) is 1. The largest absolute Gasteiger partial charge is 0.325 e. The molecule has 0 saturated carbocycles. The number of thioether (sulfide) groups is 1. The molecular weight excluding hydrogens is 246 g/mol. The van der Waals surface area contributed by atoms with Crippen LogP contribution >= 0.6 is 11.8 Å². The van der Waals surface area contributed by atoms with Crippen LogP contribution in [0.25, 0.3) is 0 Å². The normalized spacial score (nSPS) is 30.1. The van der Waals surface area contributed by atoms with Gasteiger partial charge in [-0.25, -0.2) is 0 Å². The first-order valence-corrected chi connectivity index (χ1v) is 8.28. The molecule has 2 unspecified atom stereocenters. The van der Waals surface area contributed by atoms with Crippen molar-refractivity contribution < 1.29 is 4.79 Å². The number of carbonyl (C=O) groups is 1. The Morgan fingerprint density at radius 1 is 1.22 bits per heavy atom. The molecule has 0 aromatic heterocycles. The Balaban J connectivity index is 1.84. The number of hydrogen-bond acceptors (Lipinski definition) is 4. The number of hydrogen-bond donors (Lipinski definition) is 1. The van der Waals surface area contributed by atoms with Crippen molar-refractivity contribution in [3.8, 4) is 0 Å². The summed E-state index contributed by atoms with van der Waals surface area (Å²) in [5, 5.41) is 3.43. The summed E-state index contributed by atoms with van der Waals surface area (Å²) in [5.41, 5.74) is 0. The lowest BCUT2D eigenvalue weighted by Crippen LogP contribution is -2.44. The van der Waals surface area contributed by atoms with Crippen LogP contribution in [0.1, 0.15) is 26.7 Å². The SMILES string of the molecule is CCC1NC(CC)N(CCN2CCSCC2)C1=O. The minimum absolute atomic E-state index is 0.0480. The molecule has 5 heteroatoms. The Morgan fingerprint density at radius 3 is 2.56 bits per heavy atom. The Morgan fingerprint density at radius 2 is 1.94 bits per heavy atom. The van der Waals surface area contributed by atoms with E-state index in [4.69, 9.17) is 0 Å². The van der Waals surface area contributed by atoms with E-state index in [-0.39, 0.29) is 12.2 Å². The predicted molar refractivity (Wildman–Crippen MR) is 76.8 cm³/mol. The van der Waals surface area contributed by atoms with Gasteiger partial charge < -0.3 is 4.90 Å². The van der Waals surface area contributed by atoms with E-state index in [1.807, 2.05) is 11.8 Å². The number of carbonyl (C=O) groups excluding carboxylic acids is 1. The molecule has 0 aliphatic carbocycles. The van der Waals surface area contributed by atoms with Crippen LogP contribution in [0, 0.1) is 0 Å². The van der Waals surface area contributed by atoms with Gasteiger partial charge in [0, 0.05) is 37.7 Å². The zero-order valence-corrected chi connectivity index (χ0v) is 12.3. The highest BCUT2D eigenvalue weighted by Gasteiger charge is 2.36. The summed E-state index contributed by atoms with van der Waals surface area (Å²) in [6, 6.07) is 0.0480. The Kier molecular flexibility index (Phi) is 5.33. The van der Waals surface area contributed by atoms with Gasteiger partial charge >= 0.3 is 0 Å². The van der Waals surface area contributed by atoms with Crippen LogP contribution in [-0.4, -0.2) is 65.6 Å². The fourth-order valence-electron chi connectivity index (χ4n) is 2.72. The molecule has 2 fully saturated rings. The van der Waals surface area contributed by atoms with Crippen molar-refractivity contribution in [1.29, 1.82) is 0 Å². The smallest absolute Gasteiger partial charge is 0.241 e. The second-order valence-electron chi connectivity index (χ2n) is 5.04. The minimum Gasteiger partial charge on any atom is -0.325 e. The second kappa shape index (κ2) is 6.78. The average molecular weight is 271 g/mol. The number of rotatable bonds is 5. The van der Waals surface area contributed by atoms with Crippen molar-refractivity contribution in [3.05, 3.63) is 0 Å². The fraction of sp³-hybridized carbons (Fsp3) is 0.923. The summed E-state index contributed by atoms with van der Waals surface area (Å²) >= 11 is 2.03. The topological polar surface area (TPSA) is 35.6 Å². The van der Waals surface area contributed by atoms with Crippen LogP contribution < -0.4 is 5.32 Å². The van der Waals surface area contributed by atoms with Gasteiger partial charge in [-0.15, -0.1) is 0 Å². The first kappa shape index (κ1) is 14.2. The molecule has 2 atom stereocenters. The van der Waals surface area contributed by atoms with Gasteiger partial charge in [0.25, 0.3) is 0 Å². The molecule has 4 nitrogen and oxygen atoms in total. The van der Waals surface area contributed by atoms with E-state index in [0.29, 0.717) is 5.91 Å². The summed E-state index contributed by atoms with van der Waals surface area (Å²) in [6.45, 7) is 8.48. The quantitative estimate of drug-likeness (QED) is 0.808. The van der Waals surface area contributed by atoms with Crippen molar-refractivity contribution in [2.24, 2.45) is 0 Å². The molecule has 1 N–H and O–H groups in total. The molecule has 2 rings (SSSR count). The molecule has 2 heterocycles. The third-order valence-electron chi connectivity index (χ3n) is 3.91. The van der Waals surface area contributed by atoms with E-state index < -0.39 is 0 Å². The van der Waals surface area contributed by atoms with Crippen LogP contribution in [-0.2, 0) is 4.79 Å². The van der Waals surface area contributed by atoms with Gasteiger partial charge in [0.1, 0.15) is 0 Å². The van der Waals surface area contributed by atoms with E-state index in [0.717, 1.165) is 25.9 Å². The molecule has 2 saturated heterocycles. The zero-order chi connectivity index (χ0) is 13.0. The lowest BCUT2D eigenvalue weighted by Gasteiger charge is -2.30. The lowest BCUT2D eigenvalue weighted by atomic mass is 10.2. The molecule has 0 bridgehead atoms. The zero-order valence-electron chi connectivity index (χ0n) is 11.5. The summed E-state index contributed by atoms with van der Waals surface area (Å²) in [5.74, 6) is 2.78. The maximum absolute atomic E-state index is 12.2. The highest BCUT2D eigenvalue weighted by Crippen LogP contribution is 2.16. The van der Waals surface area contributed by atoms with E-state index in [2.05, 4.69) is 29.0 Å². The van der Waals surface area contributed by atoms with Crippen LogP contribution in [0.2, 0.25) is 0 Å². The van der Waals surface area contributed by atoms with Crippen LogP contribution in [0.15, 0.2) is 0 Å². The molecule has 2 aliphatic rings. The third-order valence-corrected chi connectivity index (χ3v) is 4.85. The summed E-state index contributed by atoms with van der Waals surface area (Å²) in [4.78, 5) is 16.8. The van der Waals surface area contributed by atoms with Crippen molar-refractivity contribution >= 4 is 17.7 Å². The molecule has 1 amide bonds. The van der Waals surface area contributed by atoms with Gasteiger partial charge in [-0.2, -0.15) is 11.8 Å². The maximum Gasteiger partial charge on any atom is 0.241 e. The van der Waals surface area contributed by atoms with Crippen molar-refractivity contribution in [1.82, 2.24) is 15.1 Å². The van der Waals surface area contributed by atoms with Crippen molar-refractivity contribution in [3.63, 3.8) is 0 Å². The molecule has 0 aromatic carbocycles. The van der Waals surface area contributed by atoms with Gasteiger partial charge in [-0.1, -0.05) is 13.8 Å². The van der Waals surface area contributed by atoms with Gasteiger partial charge in [-0.05, 0) is 12.8 Å². The Hall–Kier alpha value is -0.260. The van der Waals surface area contributed by atoms with Crippen molar-refractivity contribution in [2.75, 3.05) is 37.7 Å². The van der Waals surface area contributed by atoms with Gasteiger partial charge in [0.2, 0.25) is 5.91 Å². The summed E-state index contributed by atoms with van der Waals surface area (Å²) in [7, 11) is 0. The standard InChI is InChI=1S/C13H25N3OS/c1-3-11-13(17)16(12(4-2)14-11)6-5-15-7-9-18-10-8-15/h11-12,14H,3-10H2,1-2H3. The monoisotopic (exact) mass is 271 g/mol. The van der Waals surface area contributed by atoms with Crippen LogP contribution in [0.5, 0.6) is 0 Å². The highest BCUT2D eigenvalue weighted by atomic mass is 32.2. The molecule has 0 aromatic rings. The Labute approximate surface area is 114 Å². The van der Waals surface area contributed by atoms with Gasteiger partial charge in [0.05, 0.1) is 12.2 Å². The molecule has 0 spiro atoms. The predicted octanol–water partition coefficient (Wildman–Crippen LogP) is 0.982. The van der Waals surface area contributed by atoms with E-state index in [1.165, 1.54) is 24.6 Å². The first-order chi connectivity index (χ1) is 8.76. The van der Waals surface area contributed by atoms with E-state index in [9.17, 15) is 4.79 Å². The molecule has 0 radical (unpaired) electrons. The first-order valence-electron chi connectivity index (χ1n) is 7.12. The third kappa shape index (κ3) is 3.19. The summed E-state index contributed by atoms with van der Waals surface area (Å²) in [6.07, 6.45) is 2.14. The molecule has 2 aliphatic heterocycles. The average Bonchev–Trinajstić information content (AvgIpc) is 2.73. The van der Waals surface area contributed by atoms with Crippen LogP contribution in [0.4, 0.5) is 0 Å². The number of nitrogens with zero attached hydrogens (tertiary/aromatic N) is 2. The molecule has 104 valence electrons. The molecular formula is C13H25N3OS. The van der Waals surface area contributed by atoms with Crippen LogP contribution in [0.3, 0.4) is 0 Å². The fourth-order valence-corrected chi connectivity index (χ4v) is 3.70. The minimum atomic E-state index is 0.0480. The van der Waals surface area contributed by atoms with E-state index in [1.54, 1.807) is 0 Å². The second-order valence-corrected chi connectivity index (χ2v) is 6.26.